The molecule has 2 rings (SSSR count). The van der Waals surface area contributed by atoms with Crippen molar-refractivity contribution in [1.82, 2.24) is 4.37 Å². The average molecular weight is 269 g/mol. The van der Waals surface area contributed by atoms with Gasteiger partial charge in [-0.05, 0) is 51.1 Å². The Morgan fingerprint density at radius 3 is 2.78 bits per heavy atom. The molecule has 0 amide bonds. The molecule has 0 spiro atoms. The van der Waals surface area contributed by atoms with Crippen LogP contribution >= 0.6 is 11.5 Å². The van der Waals surface area contributed by atoms with Crippen molar-refractivity contribution < 1.29 is 4.74 Å². The van der Waals surface area contributed by atoms with Gasteiger partial charge in [0.15, 0.2) is 16.6 Å². The Hall–Kier alpha value is -0.970. The fourth-order valence-corrected chi connectivity index (χ4v) is 3.25. The molecule has 1 fully saturated rings. The number of hydrogen-bond donors (Lipinski definition) is 1. The second-order valence-corrected chi connectivity index (χ2v) is 6.30. The summed E-state index contributed by atoms with van der Waals surface area (Å²) >= 11 is 1.46. The molecule has 1 aromatic rings. The summed E-state index contributed by atoms with van der Waals surface area (Å²) in [6, 6.07) is 0.538. The molecule has 2 heterocycles. The zero-order valence-electron chi connectivity index (χ0n) is 11.6. The highest BCUT2D eigenvalue weighted by Crippen LogP contribution is 2.42. The molecule has 0 saturated carbocycles. The van der Waals surface area contributed by atoms with Gasteiger partial charge in [-0.25, -0.2) is 0 Å². The summed E-state index contributed by atoms with van der Waals surface area (Å²) in [5.41, 5.74) is 5.92. The molecule has 5 heteroatoms. The number of nitrogens with two attached hydrogens (primary N) is 1. The SMILES string of the molecule is CC1CCC(C)N(c2snc(N)c2OC(C)C)C1. The Balaban J connectivity index is 2.26. The van der Waals surface area contributed by atoms with Crippen molar-refractivity contribution in [2.24, 2.45) is 5.92 Å². The number of ether oxygens (including phenoxy) is 1. The molecule has 2 atom stereocenters. The molecule has 102 valence electrons. The van der Waals surface area contributed by atoms with Crippen LogP contribution in [0.25, 0.3) is 0 Å². The number of nitrogen functional groups attached to an aromatic ring is 1. The van der Waals surface area contributed by atoms with Crippen molar-refractivity contribution in [3.05, 3.63) is 0 Å². The van der Waals surface area contributed by atoms with E-state index in [9.17, 15) is 0 Å². The molecule has 1 aliphatic rings. The van der Waals surface area contributed by atoms with Crippen LogP contribution in [0.2, 0.25) is 0 Å². The van der Waals surface area contributed by atoms with Gasteiger partial charge in [-0.15, -0.1) is 0 Å². The third-order valence-corrected chi connectivity index (χ3v) is 4.27. The van der Waals surface area contributed by atoms with Crippen LogP contribution in [0.3, 0.4) is 0 Å². The van der Waals surface area contributed by atoms with Gasteiger partial charge in [-0.3, -0.25) is 0 Å². The van der Waals surface area contributed by atoms with Gasteiger partial charge in [0.05, 0.1) is 6.10 Å². The lowest BCUT2D eigenvalue weighted by Gasteiger charge is -2.37. The fraction of sp³-hybridized carbons (Fsp3) is 0.769. The number of aromatic nitrogens is 1. The molecule has 1 aromatic heterocycles. The zero-order valence-corrected chi connectivity index (χ0v) is 12.5. The van der Waals surface area contributed by atoms with Crippen LogP contribution in [0.5, 0.6) is 5.75 Å². The summed E-state index contributed by atoms with van der Waals surface area (Å²) in [4.78, 5) is 2.40. The summed E-state index contributed by atoms with van der Waals surface area (Å²) in [6.07, 6.45) is 2.65. The van der Waals surface area contributed by atoms with E-state index in [4.69, 9.17) is 10.5 Å². The standard InChI is InChI=1S/C13H23N3OS/c1-8(2)17-11-12(14)15-18-13(11)16-7-9(3)5-6-10(16)4/h8-10H,5-7H2,1-4H3,(H2,14,15). The largest absolute Gasteiger partial charge is 0.484 e. The first-order valence-corrected chi connectivity index (χ1v) is 7.44. The Bertz CT molecular complexity index is 405. The van der Waals surface area contributed by atoms with Gasteiger partial charge in [0.2, 0.25) is 0 Å². The summed E-state index contributed by atoms with van der Waals surface area (Å²) in [5.74, 6) is 2.02. The first kappa shape index (κ1) is 13.5. The van der Waals surface area contributed by atoms with Crippen LogP contribution in [-0.4, -0.2) is 23.1 Å². The molecule has 0 aromatic carbocycles. The van der Waals surface area contributed by atoms with E-state index in [0.717, 1.165) is 23.2 Å². The van der Waals surface area contributed by atoms with Crippen molar-refractivity contribution in [3.63, 3.8) is 0 Å². The molecule has 1 aliphatic heterocycles. The maximum Gasteiger partial charge on any atom is 0.198 e. The lowest BCUT2D eigenvalue weighted by molar-refractivity contribution is 0.243. The van der Waals surface area contributed by atoms with Crippen molar-refractivity contribution in [2.45, 2.75) is 52.7 Å². The van der Waals surface area contributed by atoms with Crippen LogP contribution in [0.15, 0.2) is 0 Å². The molecule has 1 saturated heterocycles. The molecule has 2 unspecified atom stereocenters. The van der Waals surface area contributed by atoms with E-state index in [2.05, 4.69) is 23.1 Å². The number of hydrogen-bond acceptors (Lipinski definition) is 5. The smallest absolute Gasteiger partial charge is 0.198 e. The molecular formula is C13H23N3OS. The van der Waals surface area contributed by atoms with E-state index in [0.29, 0.717) is 11.9 Å². The average Bonchev–Trinajstić information content (AvgIpc) is 2.64. The second-order valence-electron chi connectivity index (χ2n) is 5.55. The van der Waals surface area contributed by atoms with Crippen LogP contribution in [0.1, 0.15) is 40.5 Å². The van der Waals surface area contributed by atoms with Gasteiger partial charge >= 0.3 is 0 Å². The molecule has 4 nitrogen and oxygen atoms in total. The topological polar surface area (TPSA) is 51.4 Å². The predicted molar refractivity (Wildman–Crippen MR) is 77.5 cm³/mol. The lowest BCUT2D eigenvalue weighted by atomic mass is 9.95. The van der Waals surface area contributed by atoms with E-state index in [1.165, 1.54) is 24.4 Å². The highest BCUT2D eigenvalue weighted by atomic mass is 32.1. The van der Waals surface area contributed by atoms with Crippen LogP contribution < -0.4 is 15.4 Å². The van der Waals surface area contributed by atoms with Gasteiger partial charge in [-0.1, -0.05) is 6.92 Å². The molecule has 0 bridgehead atoms. The van der Waals surface area contributed by atoms with Gasteiger partial charge in [0, 0.05) is 12.6 Å². The van der Waals surface area contributed by atoms with Crippen LogP contribution in [-0.2, 0) is 0 Å². The Kier molecular flexibility index (Phi) is 4.00. The highest BCUT2D eigenvalue weighted by Gasteiger charge is 2.28. The van der Waals surface area contributed by atoms with E-state index >= 15 is 0 Å². The van der Waals surface area contributed by atoms with E-state index in [-0.39, 0.29) is 6.10 Å². The quantitative estimate of drug-likeness (QED) is 0.916. The maximum atomic E-state index is 5.92. The number of piperidine rings is 1. The predicted octanol–water partition coefficient (Wildman–Crippen LogP) is 3.14. The molecule has 0 radical (unpaired) electrons. The van der Waals surface area contributed by atoms with E-state index in [1.54, 1.807) is 0 Å². The third-order valence-electron chi connectivity index (χ3n) is 3.39. The number of nitrogens with zero attached hydrogens (tertiary/aromatic N) is 2. The minimum atomic E-state index is 0.125. The Labute approximate surface area is 113 Å². The van der Waals surface area contributed by atoms with Crippen molar-refractivity contribution in [1.29, 1.82) is 0 Å². The third kappa shape index (κ3) is 2.71. The molecule has 18 heavy (non-hydrogen) atoms. The first-order chi connectivity index (χ1) is 8.49. The summed E-state index contributed by atoms with van der Waals surface area (Å²) in [6.45, 7) is 9.66. The Morgan fingerprint density at radius 1 is 1.39 bits per heavy atom. The minimum absolute atomic E-state index is 0.125. The summed E-state index contributed by atoms with van der Waals surface area (Å²) in [5, 5.41) is 1.10. The fourth-order valence-electron chi connectivity index (χ4n) is 2.39. The van der Waals surface area contributed by atoms with Crippen molar-refractivity contribution in [2.75, 3.05) is 17.2 Å². The number of rotatable bonds is 3. The van der Waals surface area contributed by atoms with Gasteiger partial charge in [0.1, 0.15) is 0 Å². The van der Waals surface area contributed by atoms with Crippen molar-refractivity contribution in [3.8, 4) is 5.75 Å². The van der Waals surface area contributed by atoms with E-state index in [1.807, 2.05) is 13.8 Å². The summed E-state index contributed by atoms with van der Waals surface area (Å²) in [7, 11) is 0. The molecular weight excluding hydrogens is 246 g/mol. The van der Waals surface area contributed by atoms with Crippen LogP contribution in [0.4, 0.5) is 10.8 Å². The normalized spacial score (nSPS) is 24.6. The summed E-state index contributed by atoms with van der Waals surface area (Å²) < 4.78 is 10.1. The van der Waals surface area contributed by atoms with Gasteiger partial charge in [0.25, 0.3) is 0 Å². The second kappa shape index (κ2) is 5.34. The highest BCUT2D eigenvalue weighted by molar-refractivity contribution is 7.11. The molecule has 0 aliphatic carbocycles. The lowest BCUT2D eigenvalue weighted by Crippen LogP contribution is -2.40. The molecule has 2 N–H and O–H groups in total. The minimum Gasteiger partial charge on any atom is -0.484 e. The maximum absolute atomic E-state index is 5.92. The number of anilines is 2. The Morgan fingerprint density at radius 2 is 2.11 bits per heavy atom. The first-order valence-electron chi connectivity index (χ1n) is 6.67. The van der Waals surface area contributed by atoms with Crippen LogP contribution in [0, 0.1) is 5.92 Å². The van der Waals surface area contributed by atoms with Gasteiger partial charge in [-0.2, -0.15) is 4.37 Å². The van der Waals surface area contributed by atoms with Gasteiger partial charge < -0.3 is 15.4 Å². The zero-order chi connectivity index (χ0) is 13.3. The van der Waals surface area contributed by atoms with Crippen molar-refractivity contribution >= 4 is 22.4 Å². The van der Waals surface area contributed by atoms with E-state index < -0.39 is 0 Å². The monoisotopic (exact) mass is 269 g/mol.